The van der Waals surface area contributed by atoms with Gasteiger partial charge in [-0.3, -0.25) is 4.79 Å². The Morgan fingerprint density at radius 2 is 1.90 bits per heavy atom. The second-order valence-corrected chi connectivity index (χ2v) is 5.13. The summed E-state index contributed by atoms with van der Waals surface area (Å²) in [6, 6.07) is 7.77. The lowest BCUT2D eigenvalue weighted by molar-refractivity contribution is -0.115. The van der Waals surface area contributed by atoms with E-state index in [1.54, 1.807) is 0 Å². The predicted molar refractivity (Wildman–Crippen MR) is 82.7 cm³/mol. The van der Waals surface area contributed by atoms with Crippen LogP contribution >= 0.6 is 23.2 Å². The number of H-pyrrole nitrogens is 1. The second-order valence-electron chi connectivity index (χ2n) is 4.41. The number of hydrogen-bond donors (Lipinski definition) is 2. The molecule has 1 amide bonds. The molecule has 0 radical (unpaired) electrons. The molecule has 3 rings (SSSR count). The van der Waals surface area contributed by atoms with Crippen molar-refractivity contribution in [3.63, 3.8) is 0 Å². The van der Waals surface area contributed by atoms with E-state index in [2.05, 4.69) is 20.3 Å². The third kappa shape index (κ3) is 2.84. The summed E-state index contributed by atoms with van der Waals surface area (Å²) in [5.74, 6) is -0.238. The molecule has 3 aromatic rings. The monoisotopic (exact) mass is 320 g/mol. The first-order valence-corrected chi connectivity index (χ1v) is 6.91. The van der Waals surface area contributed by atoms with Crippen LogP contribution in [0.2, 0.25) is 10.3 Å². The Hall–Kier alpha value is -2.11. The van der Waals surface area contributed by atoms with Crippen LogP contribution in [-0.2, 0) is 11.2 Å². The first-order valence-electron chi connectivity index (χ1n) is 6.16. The number of nitrogens with one attached hydrogen (secondary N) is 2. The Balaban J connectivity index is 1.81. The highest BCUT2D eigenvalue weighted by Gasteiger charge is 2.13. The van der Waals surface area contributed by atoms with Crippen molar-refractivity contribution in [3.8, 4) is 0 Å². The number of nitrogens with zero attached hydrogens (tertiary/aromatic N) is 2. The molecule has 0 fully saturated rings. The van der Waals surface area contributed by atoms with Crippen molar-refractivity contribution in [1.29, 1.82) is 0 Å². The summed E-state index contributed by atoms with van der Waals surface area (Å²) < 4.78 is 0. The minimum Gasteiger partial charge on any atom is -0.361 e. The summed E-state index contributed by atoms with van der Waals surface area (Å²) >= 11 is 11.8. The molecule has 21 heavy (non-hydrogen) atoms. The SMILES string of the molecule is O=C(Cc1c[nH]c2ccccc12)Nc1c(Cl)ncnc1Cl. The number of carbonyl (C=O) groups is 1. The minimum absolute atomic E-state index is 0.113. The second kappa shape index (κ2) is 5.71. The van der Waals surface area contributed by atoms with Crippen LogP contribution in [0.15, 0.2) is 36.8 Å². The Morgan fingerprint density at radius 3 is 2.67 bits per heavy atom. The molecule has 0 aliphatic heterocycles. The number of benzene rings is 1. The molecule has 0 unspecified atom stereocenters. The standard InChI is InChI=1S/C14H10Cl2N4O/c15-13-12(14(16)19-7-18-13)20-11(21)5-8-6-17-10-4-2-1-3-9(8)10/h1-4,6-7,17H,5H2,(H,20,21). The third-order valence-corrected chi connectivity index (χ3v) is 3.62. The van der Waals surface area contributed by atoms with Gasteiger partial charge in [0.25, 0.3) is 0 Å². The van der Waals surface area contributed by atoms with Crippen molar-refractivity contribution in [1.82, 2.24) is 15.0 Å². The van der Waals surface area contributed by atoms with Crippen LogP contribution in [0.5, 0.6) is 0 Å². The van der Waals surface area contributed by atoms with Gasteiger partial charge in [0.15, 0.2) is 10.3 Å². The Morgan fingerprint density at radius 1 is 1.19 bits per heavy atom. The molecule has 0 aliphatic carbocycles. The average Bonchev–Trinajstić information content (AvgIpc) is 2.87. The van der Waals surface area contributed by atoms with Crippen LogP contribution < -0.4 is 5.32 Å². The van der Waals surface area contributed by atoms with Gasteiger partial charge in [-0.15, -0.1) is 0 Å². The third-order valence-electron chi connectivity index (χ3n) is 3.05. The quantitative estimate of drug-likeness (QED) is 0.726. The van der Waals surface area contributed by atoms with Gasteiger partial charge in [-0.1, -0.05) is 41.4 Å². The molecular formula is C14H10Cl2N4O. The van der Waals surface area contributed by atoms with E-state index in [-0.39, 0.29) is 28.3 Å². The molecule has 2 N–H and O–H groups in total. The fourth-order valence-corrected chi connectivity index (χ4v) is 2.49. The lowest BCUT2D eigenvalue weighted by atomic mass is 10.1. The van der Waals surface area contributed by atoms with Crippen molar-refractivity contribution in [2.24, 2.45) is 0 Å². The predicted octanol–water partition coefficient (Wildman–Crippen LogP) is 3.45. The number of rotatable bonds is 3. The maximum absolute atomic E-state index is 12.1. The topological polar surface area (TPSA) is 70.7 Å². The van der Waals surface area contributed by atoms with Gasteiger partial charge < -0.3 is 10.3 Å². The van der Waals surface area contributed by atoms with Crippen LogP contribution in [0.25, 0.3) is 10.9 Å². The van der Waals surface area contributed by atoms with Gasteiger partial charge in [0.05, 0.1) is 6.42 Å². The highest BCUT2D eigenvalue weighted by Crippen LogP contribution is 2.26. The van der Waals surface area contributed by atoms with Gasteiger partial charge in [-0.2, -0.15) is 0 Å². The van der Waals surface area contributed by atoms with Crippen LogP contribution in [0.1, 0.15) is 5.56 Å². The maximum atomic E-state index is 12.1. The lowest BCUT2D eigenvalue weighted by Gasteiger charge is -2.07. The van der Waals surface area contributed by atoms with Gasteiger partial charge in [-0.05, 0) is 11.6 Å². The van der Waals surface area contributed by atoms with Crippen LogP contribution in [-0.4, -0.2) is 20.9 Å². The molecule has 5 nitrogen and oxygen atoms in total. The average molecular weight is 321 g/mol. The summed E-state index contributed by atoms with van der Waals surface area (Å²) in [6.07, 6.45) is 3.25. The summed E-state index contributed by atoms with van der Waals surface area (Å²) in [5, 5.41) is 3.87. The number of fused-ring (bicyclic) bond motifs is 1. The highest BCUT2D eigenvalue weighted by atomic mass is 35.5. The van der Waals surface area contributed by atoms with E-state index in [1.165, 1.54) is 6.33 Å². The largest absolute Gasteiger partial charge is 0.361 e. The Labute approximate surface area is 130 Å². The first-order chi connectivity index (χ1) is 10.1. The summed E-state index contributed by atoms with van der Waals surface area (Å²) in [6.45, 7) is 0. The molecule has 0 atom stereocenters. The Kier molecular flexibility index (Phi) is 3.77. The summed E-state index contributed by atoms with van der Waals surface area (Å²) in [5.41, 5.74) is 2.11. The molecule has 0 spiro atoms. The first kappa shape index (κ1) is 13.9. The maximum Gasteiger partial charge on any atom is 0.229 e. The van der Waals surface area contributed by atoms with Gasteiger partial charge in [0.2, 0.25) is 5.91 Å². The molecule has 106 valence electrons. The zero-order valence-corrected chi connectivity index (χ0v) is 12.2. The zero-order valence-electron chi connectivity index (χ0n) is 10.7. The van der Waals surface area contributed by atoms with E-state index in [0.29, 0.717) is 0 Å². The molecule has 0 saturated heterocycles. The highest BCUT2D eigenvalue weighted by molar-refractivity contribution is 6.38. The van der Waals surface area contributed by atoms with Crippen molar-refractivity contribution >= 4 is 45.7 Å². The number of anilines is 1. The molecule has 0 bridgehead atoms. The minimum atomic E-state index is -0.238. The molecule has 7 heteroatoms. The number of amides is 1. The number of carbonyl (C=O) groups excluding carboxylic acids is 1. The number of halogens is 2. The van der Waals surface area contributed by atoms with Crippen molar-refractivity contribution in [3.05, 3.63) is 52.7 Å². The van der Waals surface area contributed by atoms with Crippen molar-refractivity contribution in [2.75, 3.05) is 5.32 Å². The van der Waals surface area contributed by atoms with Gasteiger partial charge in [0.1, 0.15) is 12.0 Å². The van der Waals surface area contributed by atoms with E-state index in [4.69, 9.17) is 23.2 Å². The van der Waals surface area contributed by atoms with Gasteiger partial charge in [0, 0.05) is 17.1 Å². The van der Waals surface area contributed by atoms with E-state index < -0.39 is 0 Å². The van der Waals surface area contributed by atoms with E-state index in [0.717, 1.165) is 16.5 Å². The lowest BCUT2D eigenvalue weighted by Crippen LogP contribution is -2.15. The van der Waals surface area contributed by atoms with E-state index in [1.807, 2.05) is 30.5 Å². The van der Waals surface area contributed by atoms with Crippen LogP contribution in [0.3, 0.4) is 0 Å². The Bertz CT molecular complexity index is 795. The molecule has 1 aromatic carbocycles. The van der Waals surface area contributed by atoms with E-state index >= 15 is 0 Å². The number of para-hydroxylation sites is 1. The van der Waals surface area contributed by atoms with Crippen molar-refractivity contribution in [2.45, 2.75) is 6.42 Å². The van der Waals surface area contributed by atoms with Crippen LogP contribution in [0, 0.1) is 0 Å². The molecule has 2 heterocycles. The van der Waals surface area contributed by atoms with Crippen molar-refractivity contribution < 1.29 is 4.79 Å². The van der Waals surface area contributed by atoms with E-state index in [9.17, 15) is 4.79 Å². The molecule has 0 saturated carbocycles. The van der Waals surface area contributed by atoms with Gasteiger partial charge >= 0.3 is 0 Å². The number of hydrogen-bond acceptors (Lipinski definition) is 3. The fraction of sp³-hybridized carbons (Fsp3) is 0.0714. The smallest absolute Gasteiger partial charge is 0.229 e. The molecule has 0 aliphatic rings. The fourth-order valence-electron chi connectivity index (χ4n) is 2.08. The molecule has 2 aromatic heterocycles. The normalized spacial score (nSPS) is 10.8. The zero-order chi connectivity index (χ0) is 14.8. The summed E-state index contributed by atoms with van der Waals surface area (Å²) in [7, 11) is 0. The van der Waals surface area contributed by atoms with Gasteiger partial charge in [-0.25, -0.2) is 9.97 Å². The summed E-state index contributed by atoms with van der Waals surface area (Å²) in [4.78, 5) is 22.8. The molecular weight excluding hydrogens is 311 g/mol. The number of aromatic amines is 1. The van der Waals surface area contributed by atoms with Crippen LogP contribution in [0.4, 0.5) is 5.69 Å². The number of aromatic nitrogens is 3.